The zero-order chi connectivity index (χ0) is 40.1. The number of fused-ring (bicyclic) bond motifs is 1. The number of ketones is 1. The van der Waals surface area contributed by atoms with Gasteiger partial charge in [0.15, 0.2) is 5.58 Å². The molecule has 0 radical (unpaired) electrons. The number of oxazole rings is 1. The van der Waals surface area contributed by atoms with E-state index in [4.69, 9.17) is 20.8 Å². The molecule has 1 saturated heterocycles. The van der Waals surface area contributed by atoms with Crippen molar-refractivity contribution in [2.45, 2.75) is 128 Å². The molecular formula is C40H51ClFN7O7. The predicted molar refractivity (Wildman–Crippen MR) is 206 cm³/mol. The van der Waals surface area contributed by atoms with Crippen molar-refractivity contribution >= 4 is 58.1 Å². The van der Waals surface area contributed by atoms with E-state index in [0.717, 1.165) is 44.9 Å². The Labute approximate surface area is 330 Å². The summed E-state index contributed by atoms with van der Waals surface area (Å²) in [6, 6.07) is 3.06. The van der Waals surface area contributed by atoms with Gasteiger partial charge in [-0.1, -0.05) is 65.0 Å². The molecule has 14 nitrogen and oxygen atoms in total. The van der Waals surface area contributed by atoms with Crippen molar-refractivity contribution in [3.05, 3.63) is 47.4 Å². The number of nitrogens with zero attached hydrogens (tertiary/aromatic N) is 3. The van der Waals surface area contributed by atoms with Gasteiger partial charge in [0.05, 0.1) is 17.6 Å². The molecule has 5 atom stereocenters. The number of aromatic nitrogens is 2. The van der Waals surface area contributed by atoms with Crippen molar-refractivity contribution in [1.82, 2.24) is 30.8 Å². The summed E-state index contributed by atoms with van der Waals surface area (Å²) in [4.78, 5) is 79.3. The number of carbonyl (C=O) groups is 5. The van der Waals surface area contributed by atoms with E-state index in [9.17, 15) is 28.4 Å². The van der Waals surface area contributed by atoms with Crippen LogP contribution in [0.4, 0.5) is 10.4 Å². The Kier molecular flexibility index (Phi) is 12.8. The Bertz CT molecular complexity index is 1910. The molecule has 2 aromatic heterocycles. The van der Waals surface area contributed by atoms with Crippen molar-refractivity contribution in [2.75, 3.05) is 11.9 Å². The first kappa shape index (κ1) is 40.9. The number of hydrogen-bond donors (Lipinski definition) is 4. The van der Waals surface area contributed by atoms with Gasteiger partial charge in [-0.15, -0.1) is 0 Å². The van der Waals surface area contributed by atoms with Gasteiger partial charge < -0.3 is 35.3 Å². The first-order chi connectivity index (χ1) is 26.7. The first-order valence-electron chi connectivity index (χ1n) is 19.6. The maximum atomic E-state index is 14.8. The summed E-state index contributed by atoms with van der Waals surface area (Å²) in [6.45, 7) is 7.27. The summed E-state index contributed by atoms with van der Waals surface area (Å²) in [5, 5.41) is 12.0. The molecule has 2 aliphatic carbocycles. The SMILES string of the molecule is CCC[C@H](NC(=O)[C@@H]1C[C@@H](Oc2ccc(Cl)cn2)CN1C(=O)[C@@H](NC(=O)[C@@H](Nc1nc2cc(F)ccc2o1)C1CCCCC1)C(C)(C)C)C(=O)C(=O)NC1CC1. The highest BCUT2D eigenvalue weighted by Gasteiger charge is 2.47. The minimum Gasteiger partial charge on any atom is -0.472 e. The predicted octanol–water partition coefficient (Wildman–Crippen LogP) is 5.09. The second kappa shape index (κ2) is 17.6. The van der Waals surface area contributed by atoms with E-state index in [-0.39, 0.29) is 43.2 Å². The molecule has 302 valence electrons. The van der Waals surface area contributed by atoms with E-state index in [1.807, 2.05) is 27.7 Å². The molecule has 0 spiro atoms. The molecule has 6 rings (SSSR count). The van der Waals surface area contributed by atoms with Crippen LogP contribution in [0.1, 0.15) is 91.9 Å². The smallest absolute Gasteiger partial charge is 0.296 e. The molecule has 0 unspecified atom stereocenters. The fourth-order valence-corrected chi connectivity index (χ4v) is 7.56. The van der Waals surface area contributed by atoms with Crippen LogP contribution >= 0.6 is 11.6 Å². The molecule has 4 amide bonds. The number of benzene rings is 1. The van der Waals surface area contributed by atoms with Crippen LogP contribution in [0.25, 0.3) is 11.1 Å². The van der Waals surface area contributed by atoms with Crippen molar-refractivity contribution in [2.24, 2.45) is 11.3 Å². The van der Waals surface area contributed by atoms with E-state index in [1.165, 1.54) is 29.3 Å². The van der Waals surface area contributed by atoms with Gasteiger partial charge in [-0.3, -0.25) is 24.0 Å². The summed E-state index contributed by atoms with van der Waals surface area (Å²) in [5.74, 6) is -3.42. The van der Waals surface area contributed by atoms with Crippen LogP contribution in [-0.2, 0) is 24.0 Å². The second-order valence-electron chi connectivity index (χ2n) is 16.2. The van der Waals surface area contributed by atoms with Crippen molar-refractivity contribution < 1.29 is 37.5 Å². The lowest BCUT2D eigenvalue weighted by Gasteiger charge is -2.37. The molecule has 4 N–H and O–H groups in total. The highest BCUT2D eigenvalue weighted by Crippen LogP contribution is 2.32. The maximum absolute atomic E-state index is 14.8. The van der Waals surface area contributed by atoms with E-state index in [0.29, 0.717) is 22.5 Å². The number of amides is 4. The molecule has 0 bridgehead atoms. The fourth-order valence-electron chi connectivity index (χ4n) is 7.45. The van der Waals surface area contributed by atoms with Gasteiger partial charge in [0.1, 0.15) is 35.6 Å². The van der Waals surface area contributed by atoms with Gasteiger partial charge in [-0.25, -0.2) is 9.37 Å². The molecule has 1 aromatic carbocycles. The second-order valence-corrected chi connectivity index (χ2v) is 16.7. The van der Waals surface area contributed by atoms with Crippen LogP contribution in [-0.4, -0.2) is 87.1 Å². The Morgan fingerprint density at radius 1 is 1.04 bits per heavy atom. The van der Waals surface area contributed by atoms with Gasteiger partial charge >= 0.3 is 0 Å². The number of hydrogen-bond acceptors (Lipinski definition) is 10. The summed E-state index contributed by atoms with van der Waals surface area (Å²) >= 11 is 6.03. The monoisotopic (exact) mass is 795 g/mol. The maximum Gasteiger partial charge on any atom is 0.296 e. The number of Topliss-reactive ketones (excluding diaryl/α,β-unsaturated/α-hetero) is 1. The molecule has 3 aliphatic rings. The van der Waals surface area contributed by atoms with Crippen LogP contribution < -0.4 is 26.0 Å². The number of nitrogens with one attached hydrogen (secondary N) is 4. The lowest BCUT2D eigenvalue weighted by Crippen LogP contribution is -2.61. The van der Waals surface area contributed by atoms with Gasteiger partial charge in [0.25, 0.3) is 11.9 Å². The Morgan fingerprint density at radius 2 is 1.79 bits per heavy atom. The summed E-state index contributed by atoms with van der Waals surface area (Å²) in [7, 11) is 0. The van der Waals surface area contributed by atoms with Crippen LogP contribution in [0, 0.1) is 17.2 Å². The van der Waals surface area contributed by atoms with Crippen molar-refractivity contribution in [3.63, 3.8) is 0 Å². The van der Waals surface area contributed by atoms with Crippen LogP contribution in [0.3, 0.4) is 0 Å². The first-order valence-corrected chi connectivity index (χ1v) is 19.9. The molecule has 3 fully saturated rings. The topological polar surface area (TPSA) is 185 Å². The third-order valence-electron chi connectivity index (χ3n) is 10.6. The number of ether oxygens (including phenoxy) is 1. The van der Waals surface area contributed by atoms with Gasteiger partial charge in [0.2, 0.25) is 29.4 Å². The van der Waals surface area contributed by atoms with Gasteiger partial charge in [-0.2, -0.15) is 4.98 Å². The van der Waals surface area contributed by atoms with E-state index in [1.54, 1.807) is 12.1 Å². The summed E-state index contributed by atoms with van der Waals surface area (Å²) in [6.07, 6.45) is 7.55. The average molecular weight is 796 g/mol. The standard InChI is InChI=1S/C40H51ClFN7O7/c1-5-9-27(33(50)37(53)44-25-14-15-25)45-35(51)29-19-26(55-31-17-12-23(41)20-43-31)21-49(29)38(54)34(40(2,3)4)48-36(52)32(22-10-7-6-8-11-22)47-39-46-28-18-24(42)13-16-30(28)56-39/h12-13,16-18,20,22,25-27,29,32,34H,5-11,14-15,19,21H2,1-4H3,(H,44,53)(H,45,51)(H,46,47)(H,48,52)/t26-,27+,29+,32+,34-/m1/s1. The minimum absolute atomic E-state index is 0.0258. The quantitative estimate of drug-likeness (QED) is 0.151. The number of likely N-dealkylation sites (tertiary alicyclic amines) is 1. The van der Waals surface area contributed by atoms with Crippen molar-refractivity contribution in [1.29, 1.82) is 0 Å². The lowest BCUT2D eigenvalue weighted by molar-refractivity contribution is -0.145. The molecule has 16 heteroatoms. The molecule has 1 aliphatic heterocycles. The van der Waals surface area contributed by atoms with Crippen LogP contribution in [0.15, 0.2) is 40.9 Å². The number of halogens is 2. The fraction of sp³-hybridized carbons (Fsp3) is 0.575. The van der Waals surface area contributed by atoms with E-state index >= 15 is 0 Å². The largest absolute Gasteiger partial charge is 0.472 e. The Balaban J connectivity index is 1.25. The van der Waals surface area contributed by atoms with Crippen LogP contribution in [0.2, 0.25) is 5.02 Å². The Morgan fingerprint density at radius 3 is 2.45 bits per heavy atom. The number of pyridine rings is 1. The lowest BCUT2D eigenvalue weighted by atomic mass is 9.82. The van der Waals surface area contributed by atoms with Gasteiger partial charge in [0, 0.05) is 30.8 Å². The normalized spacial score (nSPS) is 20.5. The Hall–Kier alpha value is -4.79. The zero-order valence-corrected chi connectivity index (χ0v) is 33.0. The van der Waals surface area contributed by atoms with Crippen LogP contribution in [0.5, 0.6) is 5.88 Å². The molecule has 3 heterocycles. The third-order valence-corrected chi connectivity index (χ3v) is 10.8. The summed E-state index contributed by atoms with van der Waals surface area (Å²) < 4.78 is 25.9. The highest BCUT2D eigenvalue weighted by atomic mass is 35.5. The van der Waals surface area contributed by atoms with Crippen molar-refractivity contribution in [3.8, 4) is 5.88 Å². The minimum atomic E-state index is -1.11. The average Bonchev–Trinajstić information content (AvgIpc) is 3.73. The third kappa shape index (κ3) is 10.1. The number of rotatable bonds is 15. The van der Waals surface area contributed by atoms with E-state index < -0.39 is 70.9 Å². The molecule has 3 aromatic rings. The zero-order valence-electron chi connectivity index (χ0n) is 32.2. The highest BCUT2D eigenvalue weighted by molar-refractivity contribution is 6.38. The molecular weight excluding hydrogens is 745 g/mol. The van der Waals surface area contributed by atoms with E-state index in [2.05, 4.69) is 31.2 Å². The molecule has 56 heavy (non-hydrogen) atoms. The number of anilines is 1. The number of carbonyl (C=O) groups excluding carboxylic acids is 5. The summed E-state index contributed by atoms with van der Waals surface area (Å²) in [5.41, 5.74) is -0.179. The van der Waals surface area contributed by atoms with Gasteiger partial charge in [-0.05, 0) is 61.6 Å². The molecule has 2 saturated carbocycles.